The summed E-state index contributed by atoms with van der Waals surface area (Å²) in [5, 5.41) is 0. The molecule has 172 valence electrons. The van der Waals surface area contributed by atoms with Gasteiger partial charge in [0.25, 0.3) is 0 Å². The summed E-state index contributed by atoms with van der Waals surface area (Å²) in [7, 11) is 1.67. The first-order valence-corrected chi connectivity index (χ1v) is 11.8. The summed E-state index contributed by atoms with van der Waals surface area (Å²) >= 11 is 0. The molecule has 33 heavy (non-hydrogen) atoms. The van der Waals surface area contributed by atoms with E-state index in [4.69, 9.17) is 4.74 Å². The molecule has 0 N–H and O–H groups in total. The van der Waals surface area contributed by atoms with Crippen LogP contribution >= 0.6 is 0 Å². The third-order valence-corrected chi connectivity index (χ3v) is 6.89. The van der Waals surface area contributed by atoms with Crippen molar-refractivity contribution in [2.24, 2.45) is 0 Å². The highest BCUT2D eigenvalue weighted by Crippen LogP contribution is 2.30. The van der Waals surface area contributed by atoms with Crippen LogP contribution in [0.2, 0.25) is 0 Å². The lowest BCUT2D eigenvalue weighted by molar-refractivity contribution is -0.00650. The van der Waals surface area contributed by atoms with Crippen LogP contribution in [0.4, 0.5) is 0 Å². The Kier molecular flexibility index (Phi) is 7.58. The van der Waals surface area contributed by atoms with Gasteiger partial charge in [0, 0.05) is 43.8 Å². The summed E-state index contributed by atoms with van der Waals surface area (Å²) in [5.74, 6) is 0.802. The molecule has 0 aliphatic carbocycles. The summed E-state index contributed by atoms with van der Waals surface area (Å²) in [5.41, 5.74) is 4.51. The largest absolute Gasteiger partial charge is 0.497 e. The van der Waals surface area contributed by atoms with Gasteiger partial charge < -0.3 is 4.74 Å². The van der Waals surface area contributed by atoms with E-state index < -0.39 is 0 Å². The van der Waals surface area contributed by atoms with Crippen molar-refractivity contribution >= 4 is 6.29 Å². The Morgan fingerprint density at radius 3 is 2.21 bits per heavy atom. The van der Waals surface area contributed by atoms with E-state index in [1.54, 1.807) is 7.11 Å². The Hall–Kier alpha value is -2.95. The summed E-state index contributed by atoms with van der Waals surface area (Å²) in [6.45, 7) is 7.36. The lowest BCUT2D eigenvalue weighted by Crippen LogP contribution is -2.60. The molecule has 1 saturated heterocycles. The fourth-order valence-corrected chi connectivity index (χ4v) is 4.92. The molecule has 3 aromatic rings. The van der Waals surface area contributed by atoms with Gasteiger partial charge in [-0.2, -0.15) is 0 Å². The number of hydrogen-bond donors (Lipinski definition) is 0. The summed E-state index contributed by atoms with van der Waals surface area (Å²) in [6.07, 6.45) is 2.77. The number of piperazine rings is 1. The van der Waals surface area contributed by atoms with Crippen LogP contribution in [0.25, 0.3) is 0 Å². The molecule has 0 amide bonds. The van der Waals surface area contributed by atoms with E-state index in [0.29, 0.717) is 0 Å². The Morgan fingerprint density at radius 1 is 0.909 bits per heavy atom. The van der Waals surface area contributed by atoms with Crippen molar-refractivity contribution in [1.29, 1.82) is 0 Å². The van der Waals surface area contributed by atoms with Crippen LogP contribution in [-0.2, 0) is 19.5 Å². The number of rotatable bonds is 9. The third-order valence-electron chi connectivity index (χ3n) is 6.89. The number of nitrogens with zero attached hydrogens (tertiary/aromatic N) is 2. The summed E-state index contributed by atoms with van der Waals surface area (Å²) < 4.78 is 5.42. The predicted molar refractivity (Wildman–Crippen MR) is 134 cm³/mol. The molecular formula is C29H34N2O2. The minimum atomic E-state index is -0.00783. The molecule has 1 unspecified atom stereocenters. The number of aldehydes is 1. The molecule has 1 atom stereocenters. The van der Waals surface area contributed by atoms with Gasteiger partial charge in [-0.15, -0.1) is 0 Å². The minimum absolute atomic E-state index is 0.00783. The van der Waals surface area contributed by atoms with Gasteiger partial charge >= 0.3 is 0 Å². The molecular weight excluding hydrogens is 408 g/mol. The topological polar surface area (TPSA) is 32.8 Å². The second kappa shape index (κ2) is 10.8. The van der Waals surface area contributed by atoms with Crippen LogP contribution in [-0.4, -0.2) is 48.4 Å². The average Bonchev–Trinajstić information content (AvgIpc) is 2.85. The number of methoxy groups -OCH3 is 1. The van der Waals surface area contributed by atoms with E-state index in [0.717, 1.165) is 68.7 Å². The highest BCUT2D eigenvalue weighted by atomic mass is 16.5. The van der Waals surface area contributed by atoms with E-state index >= 15 is 0 Å². The standard InChI is InChI=1S/C29H34N2O2/c1-29(16-15-26-19-28(33-2)14-13-27(26)22-32)23-30(20-24-9-5-3-6-10-24)17-18-31(29)21-25-11-7-4-8-12-25/h3-14,19,22H,15-18,20-21,23H2,1-2H3. The molecule has 0 radical (unpaired) electrons. The number of carbonyl (C=O) groups excluding carboxylic acids is 1. The van der Waals surface area contributed by atoms with E-state index in [1.165, 1.54) is 11.1 Å². The van der Waals surface area contributed by atoms with E-state index in [2.05, 4.69) is 77.4 Å². The van der Waals surface area contributed by atoms with Gasteiger partial charge in [-0.1, -0.05) is 60.7 Å². The fraction of sp³-hybridized carbons (Fsp3) is 0.345. The van der Waals surface area contributed by atoms with Gasteiger partial charge in [-0.3, -0.25) is 14.6 Å². The SMILES string of the molecule is COc1ccc(C=O)c(CCC2(C)CN(Cc3ccccc3)CCN2Cc2ccccc2)c1. The molecule has 1 aliphatic heterocycles. The number of ether oxygens (including phenoxy) is 1. The average molecular weight is 443 g/mol. The first-order chi connectivity index (χ1) is 16.1. The van der Waals surface area contributed by atoms with Crippen LogP contribution in [0.3, 0.4) is 0 Å². The van der Waals surface area contributed by atoms with Gasteiger partial charge in [0.15, 0.2) is 0 Å². The van der Waals surface area contributed by atoms with Crippen molar-refractivity contribution in [2.75, 3.05) is 26.7 Å². The lowest BCUT2D eigenvalue weighted by Gasteiger charge is -2.49. The number of hydrogen-bond acceptors (Lipinski definition) is 4. The minimum Gasteiger partial charge on any atom is -0.497 e. The molecule has 1 aliphatic rings. The fourth-order valence-electron chi connectivity index (χ4n) is 4.92. The molecule has 0 bridgehead atoms. The van der Waals surface area contributed by atoms with Crippen molar-refractivity contribution in [3.05, 3.63) is 101 Å². The summed E-state index contributed by atoms with van der Waals surface area (Å²) in [6, 6.07) is 27.2. The first kappa shape index (κ1) is 23.2. The zero-order valence-corrected chi connectivity index (χ0v) is 19.7. The molecule has 4 nitrogen and oxygen atoms in total. The van der Waals surface area contributed by atoms with Crippen molar-refractivity contribution in [1.82, 2.24) is 9.80 Å². The first-order valence-electron chi connectivity index (χ1n) is 11.8. The van der Waals surface area contributed by atoms with Crippen LogP contribution in [0.15, 0.2) is 78.9 Å². The van der Waals surface area contributed by atoms with Crippen LogP contribution in [0.5, 0.6) is 5.75 Å². The maximum atomic E-state index is 11.7. The zero-order chi connectivity index (χ0) is 23.1. The number of benzene rings is 3. The smallest absolute Gasteiger partial charge is 0.150 e. The van der Waals surface area contributed by atoms with Crippen LogP contribution in [0, 0.1) is 0 Å². The highest BCUT2D eigenvalue weighted by Gasteiger charge is 2.37. The van der Waals surface area contributed by atoms with Gasteiger partial charge in [0.2, 0.25) is 0 Å². The maximum absolute atomic E-state index is 11.7. The van der Waals surface area contributed by atoms with Crippen LogP contribution < -0.4 is 4.74 Å². The molecule has 1 fully saturated rings. The van der Waals surface area contributed by atoms with Gasteiger partial charge in [0.05, 0.1) is 7.11 Å². The van der Waals surface area contributed by atoms with E-state index in [1.807, 2.05) is 18.2 Å². The second-order valence-electron chi connectivity index (χ2n) is 9.28. The van der Waals surface area contributed by atoms with E-state index in [-0.39, 0.29) is 5.54 Å². The van der Waals surface area contributed by atoms with Gasteiger partial charge in [-0.25, -0.2) is 0 Å². The molecule has 1 heterocycles. The monoisotopic (exact) mass is 442 g/mol. The van der Waals surface area contributed by atoms with Crippen molar-refractivity contribution in [2.45, 2.75) is 38.4 Å². The molecule has 0 spiro atoms. The molecule has 0 aromatic heterocycles. The van der Waals surface area contributed by atoms with Crippen molar-refractivity contribution in [3.8, 4) is 5.75 Å². The molecule has 3 aromatic carbocycles. The predicted octanol–water partition coefficient (Wildman–Crippen LogP) is 5.22. The third kappa shape index (κ3) is 5.89. The second-order valence-corrected chi connectivity index (χ2v) is 9.28. The quantitative estimate of drug-likeness (QED) is 0.426. The Balaban J connectivity index is 1.54. The van der Waals surface area contributed by atoms with Crippen molar-refractivity contribution in [3.63, 3.8) is 0 Å². The van der Waals surface area contributed by atoms with Gasteiger partial charge in [-0.05, 0) is 54.7 Å². The number of aryl methyl sites for hydroxylation is 1. The van der Waals surface area contributed by atoms with Crippen molar-refractivity contribution < 1.29 is 9.53 Å². The number of carbonyl (C=O) groups is 1. The normalized spacial score (nSPS) is 19.3. The summed E-state index contributed by atoms with van der Waals surface area (Å²) in [4.78, 5) is 16.9. The Bertz CT molecular complexity index is 1040. The van der Waals surface area contributed by atoms with Gasteiger partial charge in [0.1, 0.15) is 12.0 Å². The lowest BCUT2D eigenvalue weighted by atomic mass is 9.87. The van der Waals surface area contributed by atoms with Crippen LogP contribution in [0.1, 0.15) is 40.4 Å². The molecule has 0 saturated carbocycles. The highest BCUT2D eigenvalue weighted by molar-refractivity contribution is 5.77. The molecule has 4 rings (SSSR count). The maximum Gasteiger partial charge on any atom is 0.150 e. The van der Waals surface area contributed by atoms with E-state index in [9.17, 15) is 4.79 Å². The Morgan fingerprint density at radius 2 is 1.58 bits per heavy atom. The molecule has 4 heteroatoms. The Labute approximate surface area is 197 Å². The zero-order valence-electron chi connectivity index (χ0n) is 19.7.